The summed E-state index contributed by atoms with van der Waals surface area (Å²) in [4.78, 5) is 0. The van der Waals surface area contributed by atoms with Crippen LogP contribution in [0, 0.1) is 11.8 Å². The molecular weight excluding hydrogens is 148 g/mol. The van der Waals surface area contributed by atoms with Gasteiger partial charge in [-0.05, 0) is 50.7 Å². The average Bonchev–Trinajstić information content (AvgIpc) is 2.47. The second-order valence-electron chi connectivity index (χ2n) is 4.54. The summed E-state index contributed by atoms with van der Waals surface area (Å²) in [6.07, 6.45) is 4.18. The Kier molecular flexibility index (Phi) is 2.66. The topological polar surface area (TPSA) is 24.1 Å². The van der Waals surface area contributed by atoms with Crippen LogP contribution in [-0.4, -0.2) is 25.7 Å². The molecule has 1 atom stereocenters. The van der Waals surface area contributed by atoms with E-state index in [9.17, 15) is 0 Å². The van der Waals surface area contributed by atoms with Gasteiger partial charge in [-0.3, -0.25) is 0 Å². The first kappa shape index (κ1) is 8.52. The maximum absolute atomic E-state index is 3.65. The van der Waals surface area contributed by atoms with Gasteiger partial charge in [0.1, 0.15) is 0 Å². The lowest BCUT2D eigenvalue weighted by atomic mass is 9.82. The van der Waals surface area contributed by atoms with Gasteiger partial charge in [-0.15, -0.1) is 0 Å². The molecule has 1 heterocycles. The fourth-order valence-corrected chi connectivity index (χ4v) is 2.29. The van der Waals surface area contributed by atoms with Crippen molar-refractivity contribution in [3.05, 3.63) is 0 Å². The van der Waals surface area contributed by atoms with Crippen LogP contribution in [0.15, 0.2) is 0 Å². The zero-order valence-corrected chi connectivity index (χ0v) is 7.97. The van der Waals surface area contributed by atoms with Gasteiger partial charge in [-0.1, -0.05) is 6.92 Å². The van der Waals surface area contributed by atoms with Crippen molar-refractivity contribution >= 4 is 0 Å². The minimum absolute atomic E-state index is 0.848. The van der Waals surface area contributed by atoms with E-state index in [0.717, 1.165) is 17.9 Å². The molecule has 2 fully saturated rings. The van der Waals surface area contributed by atoms with Gasteiger partial charge in [0.15, 0.2) is 0 Å². The van der Waals surface area contributed by atoms with Crippen LogP contribution in [0.4, 0.5) is 0 Å². The lowest BCUT2D eigenvalue weighted by Crippen LogP contribution is -2.42. The van der Waals surface area contributed by atoms with Crippen molar-refractivity contribution in [2.75, 3.05) is 19.6 Å². The number of hydrogen-bond acceptors (Lipinski definition) is 2. The zero-order chi connectivity index (χ0) is 8.39. The lowest BCUT2D eigenvalue weighted by molar-refractivity contribution is 0.233. The molecule has 0 aromatic heterocycles. The van der Waals surface area contributed by atoms with E-state index < -0.39 is 0 Å². The van der Waals surface area contributed by atoms with Gasteiger partial charge in [-0.2, -0.15) is 0 Å². The number of hydrogen-bond donors (Lipinski definition) is 2. The molecule has 0 aromatic rings. The van der Waals surface area contributed by atoms with E-state index in [1.165, 1.54) is 38.9 Å². The van der Waals surface area contributed by atoms with Gasteiger partial charge in [0.05, 0.1) is 0 Å². The van der Waals surface area contributed by atoms with E-state index in [2.05, 4.69) is 17.6 Å². The highest BCUT2D eigenvalue weighted by Gasteiger charge is 2.25. The summed E-state index contributed by atoms with van der Waals surface area (Å²) < 4.78 is 0. The van der Waals surface area contributed by atoms with Crippen LogP contribution in [0.3, 0.4) is 0 Å². The summed E-state index contributed by atoms with van der Waals surface area (Å²) in [5.74, 6) is 1.88. The molecule has 2 rings (SSSR count). The van der Waals surface area contributed by atoms with E-state index in [-0.39, 0.29) is 0 Å². The van der Waals surface area contributed by atoms with Crippen molar-refractivity contribution in [1.29, 1.82) is 0 Å². The van der Waals surface area contributed by atoms with Crippen LogP contribution in [-0.2, 0) is 0 Å². The van der Waals surface area contributed by atoms with Gasteiger partial charge in [0.25, 0.3) is 0 Å². The highest BCUT2D eigenvalue weighted by Crippen LogP contribution is 2.26. The van der Waals surface area contributed by atoms with Gasteiger partial charge < -0.3 is 10.6 Å². The quantitative estimate of drug-likeness (QED) is 0.656. The van der Waals surface area contributed by atoms with E-state index in [1.54, 1.807) is 0 Å². The molecular formula is C10H20N2. The van der Waals surface area contributed by atoms with E-state index in [4.69, 9.17) is 0 Å². The summed E-state index contributed by atoms with van der Waals surface area (Å²) in [6.45, 7) is 6.04. The van der Waals surface area contributed by atoms with Crippen molar-refractivity contribution < 1.29 is 0 Å². The Morgan fingerprint density at radius 1 is 1.42 bits per heavy atom. The predicted octanol–water partition coefficient (Wildman–Crippen LogP) is 0.984. The van der Waals surface area contributed by atoms with E-state index >= 15 is 0 Å². The molecule has 2 heteroatoms. The van der Waals surface area contributed by atoms with Crippen molar-refractivity contribution in [2.45, 2.75) is 32.2 Å². The van der Waals surface area contributed by atoms with Crippen molar-refractivity contribution in [2.24, 2.45) is 11.8 Å². The van der Waals surface area contributed by atoms with Gasteiger partial charge in [0, 0.05) is 6.04 Å². The van der Waals surface area contributed by atoms with Gasteiger partial charge in [0.2, 0.25) is 0 Å². The third kappa shape index (κ3) is 1.99. The van der Waals surface area contributed by atoms with Crippen molar-refractivity contribution in [1.82, 2.24) is 10.6 Å². The molecule has 2 aliphatic rings. The second kappa shape index (κ2) is 3.75. The molecule has 0 amide bonds. The van der Waals surface area contributed by atoms with Crippen LogP contribution in [0.25, 0.3) is 0 Å². The summed E-state index contributed by atoms with van der Waals surface area (Å²) in [5, 5.41) is 7.05. The standard InChI is InChI=1S/C10H20N2/c1-8-4-10(5-8)12-7-9-2-3-11-6-9/h8-12H,2-7H2,1H3. The molecule has 70 valence electrons. The summed E-state index contributed by atoms with van der Waals surface area (Å²) in [5.41, 5.74) is 0. The minimum Gasteiger partial charge on any atom is -0.316 e. The molecule has 1 saturated carbocycles. The Labute approximate surface area is 75.1 Å². The monoisotopic (exact) mass is 168 g/mol. The second-order valence-corrected chi connectivity index (χ2v) is 4.54. The van der Waals surface area contributed by atoms with E-state index in [0.29, 0.717) is 0 Å². The first-order valence-electron chi connectivity index (χ1n) is 5.28. The molecule has 1 aliphatic heterocycles. The molecule has 1 saturated heterocycles. The maximum Gasteiger partial charge on any atom is 0.00722 e. The largest absolute Gasteiger partial charge is 0.316 e. The number of nitrogens with one attached hydrogen (secondary N) is 2. The molecule has 1 aliphatic carbocycles. The normalized spacial score (nSPS) is 41.2. The summed E-state index contributed by atoms with van der Waals surface area (Å²) >= 11 is 0. The Balaban J connectivity index is 1.56. The first-order valence-corrected chi connectivity index (χ1v) is 5.28. The SMILES string of the molecule is CC1CC(NCC2CCNC2)C1. The Hall–Kier alpha value is -0.0800. The molecule has 12 heavy (non-hydrogen) atoms. The van der Waals surface area contributed by atoms with Crippen molar-refractivity contribution in [3.63, 3.8) is 0 Å². The van der Waals surface area contributed by atoms with Crippen LogP contribution in [0.2, 0.25) is 0 Å². The highest BCUT2D eigenvalue weighted by atomic mass is 15.0. The average molecular weight is 168 g/mol. The molecule has 1 unspecified atom stereocenters. The first-order chi connectivity index (χ1) is 5.84. The smallest absolute Gasteiger partial charge is 0.00722 e. The third-order valence-electron chi connectivity index (χ3n) is 3.23. The van der Waals surface area contributed by atoms with Crippen LogP contribution >= 0.6 is 0 Å². The number of rotatable bonds is 3. The third-order valence-corrected chi connectivity index (χ3v) is 3.23. The predicted molar refractivity (Wildman–Crippen MR) is 51.2 cm³/mol. The summed E-state index contributed by atoms with van der Waals surface area (Å²) in [6, 6.07) is 0.848. The van der Waals surface area contributed by atoms with Crippen LogP contribution < -0.4 is 10.6 Å². The molecule has 0 radical (unpaired) electrons. The Morgan fingerprint density at radius 3 is 2.83 bits per heavy atom. The summed E-state index contributed by atoms with van der Waals surface area (Å²) in [7, 11) is 0. The van der Waals surface area contributed by atoms with Gasteiger partial charge in [-0.25, -0.2) is 0 Å². The molecule has 2 N–H and O–H groups in total. The lowest BCUT2D eigenvalue weighted by Gasteiger charge is -2.34. The fourth-order valence-electron chi connectivity index (χ4n) is 2.29. The fraction of sp³-hybridized carbons (Fsp3) is 1.00. The maximum atomic E-state index is 3.65. The van der Waals surface area contributed by atoms with E-state index in [1.807, 2.05) is 0 Å². The zero-order valence-electron chi connectivity index (χ0n) is 7.97. The molecule has 0 aromatic carbocycles. The van der Waals surface area contributed by atoms with Gasteiger partial charge >= 0.3 is 0 Å². The molecule has 0 spiro atoms. The van der Waals surface area contributed by atoms with Crippen molar-refractivity contribution in [3.8, 4) is 0 Å². The Morgan fingerprint density at radius 2 is 2.25 bits per heavy atom. The van der Waals surface area contributed by atoms with Crippen LogP contribution in [0.1, 0.15) is 26.2 Å². The Bertz CT molecular complexity index is 135. The molecule has 2 nitrogen and oxygen atoms in total. The highest BCUT2D eigenvalue weighted by molar-refractivity contribution is 4.84. The molecule has 0 bridgehead atoms. The van der Waals surface area contributed by atoms with Crippen LogP contribution in [0.5, 0.6) is 0 Å². The minimum atomic E-state index is 0.848.